The molecule has 18 heavy (non-hydrogen) atoms. The number of hydrogen-bond acceptors (Lipinski definition) is 3. The Balaban J connectivity index is 2.08. The van der Waals surface area contributed by atoms with Gasteiger partial charge in [0.05, 0.1) is 12.7 Å². The van der Waals surface area contributed by atoms with Gasteiger partial charge in [-0.05, 0) is 37.0 Å². The van der Waals surface area contributed by atoms with Gasteiger partial charge >= 0.3 is 5.97 Å². The second-order valence-corrected chi connectivity index (χ2v) is 5.15. The number of halogens is 1. The van der Waals surface area contributed by atoms with E-state index in [9.17, 15) is 4.79 Å². The van der Waals surface area contributed by atoms with Crippen LogP contribution in [0.25, 0.3) is 0 Å². The molecule has 0 saturated heterocycles. The number of methoxy groups -OCH3 is 1. The minimum absolute atomic E-state index is 0.355. The SMILES string of the molecule is COC(=O)c1cc(Cl)ccc1NCC1CCCC1. The van der Waals surface area contributed by atoms with Gasteiger partial charge in [0.2, 0.25) is 0 Å². The van der Waals surface area contributed by atoms with E-state index in [0.29, 0.717) is 16.5 Å². The number of benzene rings is 1. The fraction of sp³-hybridized carbons (Fsp3) is 0.500. The molecule has 2 rings (SSSR count). The van der Waals surface area contributed by atoms with Crippen LogP contribution in [-0.4, -0.2) is 19.6 Å². The van der Waals surface area contributed by atoms with Crippen LogP contribution >= 0.6 is 11.6 Å². The van der Waals surface area contributed by atoms with Crippen molar-refractivity contribution < 1.29 is 9.53 Å². The zero-order valence-corrected chi connectivity index (χ0v) is 11.3. The maximum Gasteiger partial charge on any atom is 0.340 e. The molecule has 1 fully saturated rings. The predicted molar refractivity (Wildman–Crippen MR) is 73.2 cm³/mol. The molecule has 0 spiro atoms. The fourth-order valence-electron chi connectivity index (χ4n) is 2.42. The summed E-state index contributed by atoms with van der Waals surface area (Å²) in [7, 11) is 1.38. The summed E-state index contributed by atoms with van der Waals surface area (Å²) in [6, 6.07) is 5.26. The summed E-state index contributed by atoms with van der Waals surface area (Å²) in [5.41, 5.74) is 1.31. The largest absolute Gasteiger partial charge is 0.465 e. The second kappa shape index (κ2) is 6.10. The van der Waals surface area contributed by atoms with Crippen molar-refractivity contribution in [2.45, 2.75) is 25.7 Å². The molecule has 0 bridgehead atoms. The monoisotopic (exact) mass is 267 g/mol. The van der Waals surface area contributed by atoms with Crippen LogP contribution in [0.15, 0.2) is 18.2 Å². The minimum atomic E-state index is -0.355. The maximum atomic E-state index is 11.7. The Hall–Kier alpha value is -1.22. The van der Waals surface area contributed by atoms with Crippen molar-refractivity contribution in [3.63, 3.8) is 0 Å². The summed E-state index contributed by atoms with van der Waals surface area (Å²) in [6.07, 6.45) is 5.18. The molecule has 0 radical (unpaired) electrons. The molecule has 1 aliphatic carbocycles. The van der Waals surface area contributed by atoms with E-state index in [2.05, 4.69) is 5.32 Å². The van der Waals surface area contributed by atoms with Crippen molar-refractivity contribution in [2.75, 3.05) is 19.0 Å². The summed E-state index contributed by atoms with van der Waals surface area (Å²) in [4.78, 5) is 11.7. The highest BCUT2D eigenvalue weighted by atomic mass is 35.5. The van der Waals surface area contributed by atoms with Crippen LogP contribution in [0.2, 0.25) is 5.02 Å². The van der Waals surface area contributed by atoms with Gasteiger partial charge in [0.25, 0.3) is 0 Å². The van der Waals surface area contributed by atoms with E-state index in [1.165, 1.54) is 32.8 Å². The van der Waals surface area contributed by atoms with Gasteiger partial charge in [-0.2, -0.15) is 0 Å². The smallest absolute Gasteiger partial charge is 0.340 e. The lowest BCUT2D eigenvalue weighted by Crippen LogP contribution is -2.14. The number of hydrogen-bond donors (Lipinski definition) is 1. The van der Waals surface area contributed by atoms with Crippen LogP contribution in [-0.2, 0) is 4.74 Å². The fourth-order valence-corrected chi connectivity index (χ4v) is 2.59. The molecule has 1 N–H and O–H groups in total. The highest BCUT2D eigenvalue weighted by Gasteiger charge is 2.17. The molecule has 0 unspecified atom stereocenters. The minimum Gasteiger partial charge on any atom is -0.465 e. The number of carbonyl (C=O) groups is 1. The van der Waals surface area contributed by atoms with Crippen molar-refractivity contribution in [1.82, 2.24) is 0 Å². The van der Waals surface area contributed by atoms with Crippen molar-refractivity contribution in [2.24, 2.45) is 5.92 Å². The van der Waals surface area contributed by atoms with Crippen molar-refractivity contribution >= 4 is 23.3 Å². The molecule has 0 aliphatic heterocycles. The molecule has 98 valence electrons. The summed E-state index contributed by atoms with van der Waals surface area (Å²) in [6.45, 7) is 0.908. The molecule has 3 nitrogen and oxygen atoms in total. The third kappa shape index (κ3) is 3.16. The Labute approximate surface area is 112 Å². The van der Waals surface area contributed by atoms with E-state index in [1.54, 1.807) is 12.1 Å². The van der Waals surface area contributed by atoms with E-state index in [0.717, 1.165) is 12.2 Å². The average molecular weight is 268 g/mol. The number of nitrogens with one attached hydrogen (secondary N) is 1. The number of ether oxygens (including phenoxy) is 1. The Kier molecular flexibility index (Phi) is 4.48. The van der Waals surface area contributed by atoms with E-state index in [1.807, 2.05) is 6.07 Å². The molecule has 1 aromatic carbocycles. The van der Waals surface area contributed by atoms with Crippen molar-refractivity contribution in [3.05, 3.63) is 28.8 Å². The van der Waals surface area contributed by atoms with Crippen LogP contribution < -0.4 is 5.32 Å². The zero-order valence-electron chi connectivity index (χ0n) is 10.5. The number of rotatable bonds is 4. The third-order valence-electron chi connectivity index (χ3n) is 3.44. The first-order chi connectivity index (χ1) is 8.70. The summed E-state index contributed by atoms with van der Waals surface area (Å²) in [5.74, 6) is 0.359. The normalized spacial score (nSPS) is 15.7. The van der Waals surface area contributed by atoms with Gasteiger partial charge in [-0.15, -0.1) is 0 Å². The Morgan fingerprint density at radius 3 is 2.83 bits per heavy atom. The first-order valence-corrected chi connectivity index (χ1v) is 6.70. The first kappa shape index (κ1) is 13.2. The standard InChI is InChI=1S/C14H18ClNO2/c1-18-14(17)12-8-11(15)6-7-13(12)16-9-10-4-2-3-5-10/h6-8,10,16H,2-5,9H2,1H3. The highest BCUT2D eigenvalue weighted by Crippen LogP contribution is 2.26. The average Bonchev–Trinajstić information content (AvgIpc) is 2.89. The topological polar surface area (TPSA) is 38.3 Å². The lowest BCUT2D eigenvalue weighted by molar-refractivity contribution is 0.0602. The molecule has 1 aromatic rings. The highest BCUT2D eigenvalue weighted by molar-refractivity contribution is 6.31. The molecule has 0 atom stereocenters. The molecule has 0 aromatic heterocycles. The molecule has 1 aliphatic rings. The first-order valence-electron chi connectivity index (χ1n) is 6.32. The lowest BCUT2D eigenvalue weighted by atomic mass is 10.1. The van der Waals surface area contributed by atoms with E-state index < -0.39 is 0 Å². The van der Waals surface area contributed by atoms with Gasteiger partial charge in [0, 0.05) is 17.3 Å². The predicted octanol–water partition coefficient (Wildman–Crippen LogP) is 3.73. The molecular weight excluding hydrogens is 250 g/mol. The van der Waals surface area contributed by atoms with Gasteiger partial charge in [-0.3, -0.25) is 0 Å². The van der Waals surface area contributed by atoms with Crippen LogP contribution in [0.1, 0.15) is 36.0 Å². The van der Waals surface area contributed by atoms with E-state index in [-0.39, 0.29) is 5.97 Å². The van der Waals surface area contributed by atoms with Gasteiger partial charge in [0.1, 0.15) is 0 Å². The van der Waals surface area contributed by atoms with Gasteiger partial charge < -0.3 is 10.1 Å². The van der Waals surface area contributed by atoms with Crippen molar-refractivity contribution in [3.8, 4) is 0 Å². The lowest BCUT2D eigenvalue weighted by Gasteiger charge is -2.14. The van der Waals surface area contributed by atoms with E-state index >= 15 is 0 Å². The number of carbonyl (C=O) groups excluding carboxylic acids is 1. The Morgan fingerprint density at radius 2 is 2.17 bits per heavy atom. The van der Waals surface area contributed by atoms with Gasteiger partial charge in [-0.1, -0.05) is 24.4 Å². The summed E-state index contributed by atoms with van der Waals surface area (Å²) < 4.78 is 4.77. The molecular formula is C14H18ClNO2. The van der Waals surface area contributed by atoms with Crippen LogP contribution in [0.5, 0.6) is 0 Å². The van der Waals surface area contributed by atoms with Crippen LogP contribution in [0.3, 0.4) is 0 Å². The molecule has 1 saturated carbocycles. The Bertz CT molecular complexity index is 428. The maximum absolute atomic E-state index is 11.7. The third-order valence-corrected chi connectivity index (χ3v) is 3.68. The van der Waals surface area contributed by atoms with Crippen LogP contribution in [0, 0.1) is 5.92 Å². The van der Waals surface area contributed by atoms with Crippen molar-refractivity contribution in [1.29, 1.82) is 0 Å². The molecule has 4 heteroatoms. The van der Waals surface area contributed by atoms with Gasteiger partial charge in [-0.25, -0.2) is 4.79 Å². The number of esters is 1. The van der Waals surface area contributed by atoms with Gasteiger partial charge in [0.15, 0.2) is 0 Å². The second-order valence-electron chi connectivity index (χ2n) is 4.71. The number of anilines is 1. The zero-order chi connectivity index (χ0) is 13.0. The summed E-state index contributed by atoms with van der Waals surface area (Å²) in [5, 5.41) is 3.88. The molecule has 0 amide bonds. The molecule has 0 heterocycles. The quantitative estimate of drug-likeness (QED) is 0.845. The summed E-state index contributed by atoms with van der Waals surface area (Å²) >= 11 is 5.91. The van der Waals surface area contributed by atoms with Crippen LogP contribution in [0.4, 0.5) is 5.69 Å². The Morgan fingerprint density at radius 1 is 1.44 bits per heavy atom. The van der Waals surface area contributed by atoms with E-state index in [4.69, 9.17) is 16.3 Å².